The van der Waals surface area contributed by atoms with E-state index >= 15 is 0 Å². The van der Waals surface area contributed by atoms with Crippen LogP contribution in [0.25, 0.3) is 20.7 Å². The van der Waals surface area contributed by atoms with Crippen LogP contribution in [0.1, 0.15) is 11.1 Å². The van der Waals surface area contributed by atoms with E-state index in [2.05, 4.69) is 12.6 Å². The number of benzene rings is 2. The van der Waals surface area contributed by atoms with Gasteiger partial charge in [0, 0.05) is 17.2 Å². The molecule has 0 atom stereocenters. The summed E-state index contributed by atoms with van der Waals surface area (Å²) in [5, 5.41) is 10.4. The molecule has 2 heterocycles. The highest BCUT2D eigenvalue weighted by Crippen LogP contribution is 2.32. The molecule has 2 aromatic carbocycles. The number of fused-ring (bicyclic) bond motifs is 1. The van der Waals surface area contributed by atoms with Crippen LogP contribution >= 0.6 is 23.1 Å². The number of hydrogen-bond donors (Lipinski definition) is 0. The first-order valence-electron chi connectivity index (χ1n) is 9.02. The van der Waals surface area contributed by atoms with Crippen molar-refractivity contribution in [2.45, 2.75) is 17.5 Å². The topological polar surface area (TPSA) is 58.7 Å². The zero-order valence-corrected chi connectivity index (χ0v) is 17.2. The normalized spacial score (nSPS) is 10.7. The van der Waals surface area contributed by atoms with Crippen molar-refractivity contribution in [2.24, 2.45) is 0 Å². The quantitative estimate of drug-likeness (QED) is 0.238. The van der Waals surface area contributed by atoms with E-state index in [1.54, 1.807) is 16.7 Å². The van der Waals surface area contributed by atoms with Gasteiger partial charge < -0.3 is 0 Å². The number of thioether (sulfide) groups is 1. The van der Waals surface area contributed by atoms with Crippen molar-refractivity contribution >= 4 is 33.3 Å². The standard InChI is InChI=1S/C23H17N3OS2/c1-2-11-26-22(27)19-13-20(18-9-4-3-5-10-18)29-21(19)25-23(26)28-15-17-8-6-7-16(12-17)14-24/h2-10,12-13H,1,11,15H2. The highest BCUT2D eigenvalue weighted by atomic mass is 32.2. The molecule has 0 aliphatic rings. The molecule has 0 saturated heterocycles. The third-order valence-corrected chi connectivity index (χ3v) is 6.54. The summed E-state index contributed by atoms with van der Waals surface area (Å²) in [5.41, 5.74) is 2.67. The fraction of sp³-hybridized carbons (Fsp3) is 0.0870. The zero-order chi connectivity index (χ0) is 20.2. The van der Waals surface area contributed by atoms with E-state index in [0.717, 1.165) is 20.8 Å². The van der Waals surface area contributed by atoms with Crippen LogP contribution in [0.2, 0.25) is 0 Å². The Labute approximate surface area is 176 Å². The van der Waals surface area contributed by atoms with Gasteiger partial charge in [0.15, 0.2) is 5.16 Å². The molecule has 2 aromatic heterocycles. The summed E-state index contributed by atoms with van der Waals surface area (Å²) >= 11 is 3.02. The largest absolute Gasteiger partial charge is 0.283 e. The van der Waals surface area contributed by atoms with Crippen LogP contribution in [0, 0.1) is 11.3 Å². The second kappa shape index (κ2) is 8.48. The van der Waals surface area contributed by atoms with Crippen molar-refractivity contribution in [3.63, 3.8) is 0 Å². The van der Waals surface area contributed by atoms with Gasteiger partial charge in [0.1, 0.15) is 4.83 Å². The second-order valence-corrected chi connectivity index (χ2v) is 8.37. The number of aromatic nitrogens is 2. The van der Waals surface area contributed by atoms with Crippen molar-refractivity contribution in [3.05, 3.63) is 94.8 Å². The average molecular weight is 416 g/mol. The molecule has 4 nitrogen and oxygen atoms in total. The molecule has 0 fully saturated rings. The lowest BCUT2D eigenvalue weighted by Crippen LogP contribution is -2.22. The molecular formula is C23H17N3OS2. The lowest BCUT2D eigenvalue weighted by Gasteiger charge is -2.10. The SMILES string of the molecule is C=CCn1c(SCc2cccc(C#N)c2)nc2sc(-c3ccccc3)cc2c1=O. The fourth-order valence-corrected chi connectivity index (χ4v) is 5.05. The number of nitriles is 1. The Kier molecular flexibility index (Phi) is 5.61. The second-order valence-electron chi connectivity index (χ2n) is 6.40. The Bertz CT molecular complexity index is 1280. The van der Waals surface area contributed by atoms with Crippen LogP contribution in [-0.2, 0) is 12.3 Å². The van der Waals surface area contributed by atoms with Gasteiger partial charge in [-0.2, -0.15) is 5.26 Å². The molecule has 4 rings (SSSR count). The molecule has 142 valence electrons. The van der Waals surface area contributed by atoms with Gasteiger partial charge in [-0.15, -0.1) is 17.9 Å². The first kappa shape index (κ1) is 19.2. The summed E-state index contributed by atoms with van der Waals surface area (Å²) in [5.74, 6) is 0.627. The van der Waals surface area contributed by atoms with Gasteiger partial charge in [0.2, 0.25) is 0 Å². The molecule has 0 unspecified atom stereocenters. The predicted molar refractivity (Wildman–Crippen MR) is 120 cm³/mol. The van der Waals surface area contributed by atoms with Crippen LogP contribution in [0.4, 0.5) is 0 Å². The van der Waals surface area contributed by atoms with Gasteiger partial charge in [0.05, 0.1) is 17.0 Å². The van der Waals surface area contributed by atoms with E-state index in [-0.39, 0.29) is 5.56 Å². The zero-order valence-electron chi connectivity index (χ0n) is 15.5. The minimum absolute atomic E-state index is 0.0541. The van der Waals surface area contributed by atoms with Crippen LogP contribution in [0.3, 0.4) is 0 Å². The van der Waals surface area contributed by atoms with Crippen LogP contribution in [0.5, 0.6) is 0 Å². The maximum Gasteiger partial charge on any atom is 0.263 e. The smallest absolute Gasteiger partial charge is 0.263 e. The summed E-state index contributed by atoms with van der Waals surface area (Å²) in [6, 6.07) is 21.6. The molecular weight excluding hydrogens is 398 g/mol. The Hall–Kier alpha value is -3.14. The molecule has 0 aliphatic heterocycles. The number of hydrogen-bond acceptors (Lipinski definition) is 5. The highest BCUT2D eigenvalue weighted by Gasteiger charge is 2.15. The van der Waals surface area contributed by atoms with Crippen LogP contribution in [-0.4, -0.2) is 9.55 Å². The molecule has 0 spiro atoms. The summed E-state index contributed by atoms with van der Waals surface area (Å²) in [4.78, 5) is 19.7. The van der Waals surface area contributed by atoms with Gasteiger partial charge in [-0.3, -0.25) is 9.36 Å². The molecule has 4 aromatic rings. The van der Waals surface area contributed by atoms with E-state index in [1.165, 1.54) is 23.1 Å². The third kappa shape index (κ3) is 4.02. The van der Waals surface area contributed by atoms with Crippen molar-refractivity contribution < 1.29 is 0 Å². The maximum atomic E-state index is 13.1. The summed E-state index contributed by atoms with van der Waals surface area (Å²) < 4.78 is 1.66. The summed E-state index contributed by atoms with van der Waals surface area (Å²) in [7, 11) is 0. The number of thiophene rings is 1. The van der Waals surface area contributed by atoms with Gasteiger partial charge >= 0.3 is 0 Å². The Balaban J connectivity index is 1.74. The average Bonchev–Trinajstić information content (AvgIpc) is 3.20. The van der Waals surface area contributed by atoms with Crippen molar-refractivity contribution in [1.29, 1.82) is 5.26 Å². The maximum absolute atomic E-state index is 13.1. The number of allylic oxidation sites excluding steroid dienone is 1. The van der Waals surface area contributed by atoms with E-state index in [4.69, 9.17) is 10.2 Å². The Morgan fingerprint density at radius 3 is 2.76 bits per heavy atom. The predicted octanol–water partition coefficient (Wildman–Crippen LogP) is 5.47. The van der Waals surface area contributed by atoms with E-state index in [9.17, 15) is 4.79 Å². The van der Waals surface area contributed by atoms with Gasteiger partial charge in [-0.1, -0.05) is 60.3 Å². The van der Waals surface area contributed by atoms with Crippen molar-refractivity contribution in [1.82, 2.24) is 9.55 Å². The molecule has 0 aliphatic carbocycles. The lowest BCUT2D eigenvalue weighted by atomic mass is 10.2. The molecule has 0 radical (unpaired) electrons. The van der Waals surface area contributed by atoms with E-state index in [0.29, 0.717) is 28.4 Å². The summed E-state index contributed by atoms with van der Waals surface area (Å²) in [6.45, 7) is 4.18. The Morgan fingerprint density at radius 2 is 2.00 bits per heavy atom. The Morgan fingerprint density at radius 1 is 1.17 bits per heavy atom. The molecule has 0 bridgehead atoms. The number of nitrogens with zero attached hydrogens (tertiary/aromatic N) is 3. The molecule has 0 amide bonds. The number of rotatable bonds is 6. The molecule has 6 heteroatoms. The minimum Gasteiger partial charge on any atom is -0.283 e. The monoisotopic (exact) mass is 415 g/mol. The summed E-state index contributed by atoms with van der Waals surface area (Å²) in [6.07, 6.45) is 1.71. The third-order valence-electron chi connectivity index (χ3n) is 4.41. The molecule has 0 saturated carbocycles. The van der Waals surface area contributed by atoms with E-state index < -0.39 is 0 Å². The minimum atomic E-state index is -0.0541. The molecule has 29 heavy (non-hydrogen) atoms. The highest BCUT2D eigenvalue weighted by molar-refractivity contribution is 7.98. The first-order chi connectivity index (χ1) is 14.2. The lowest BCUT2D eigenvalue weighted by molar-refractivity contribution is 0.673. The van der Waals surface area contributed by atoms with Crippen LogP contribution in [0.15, 0.2) is 83.3 Å². The fourth-order valence-electron chi connectivity index (χ4n) is 3.02. The molecule has 0 N–H and O–H groups in total. The van der Waals surface area contributed by atoms with Crippen molar-refractivity contribution in [2.75, 3.05) is 0 Å². The van der Waals surface area contributed by atoms with Crippen LogP contribution < -0.4 is 5.56 Å². The van der Waals surface area contributed by atoms with Gasteiger partial charge in [-0.05, 0) is 29.3 Å². The van der Waals surface area contributed by atoms with Gasteiger partial charge in [0.25, 0.3) is 5.56 Å². The van der Waals surface area contributed by atoms with Gasteiger partial charge in [-0.25, -0.2) is 4.98 Å². The van der Waals surface area contributed by atoms with Crippen molar-refractivity contribution in [3.8, 4) is 16.5 Å². The van der Waals surface area contributed by atoms with E-state index in [1.807, 2.05) is 54.6 Å². The first-order valence-corrected chi connectivity index (χ1v) is 10.8.